The van der Waals surface area contributed by atoms with E-state index < -0.39 is 0 Å². The molecule has 0 bridgehead atoms. The third-order valence-electron chi connectivity index (χ3n) is 2.64. The highest BCUT2D eigenvalue weighted by Gasteiger charge is 2.18. The summed E-state index contributed by atoms with van der Waals surface area (Å²) in [5.74, 6) is 0. The minimum atomic E-state index is 0.462. The van der Waals surface area contributed by atoms with Gasteiger partial charge in [0.25, 0.3) is 0 Å². The van der Waals surface area contributed by atoms with Gasteiger partial charge in [-0.2, -0.15) is 5.26 Å². The molecule has 0 radical (unpaired) electrons. The molecule has 15 heavy (non-hydrogen) atoms. The molecule has 2 heterocycles. The van der Waals surface area contributed by atoms with Crippen LogP contribution in [0.4, 0.5) is 5.69 Å². The monoisotopic (exact) mass is 202 g/mol. The van der Waals surface area contributed by atoms with Crippen LogP contribution in [0.25, 0.3) is 0 Å². The van der Waals surface area contributed by atoms with Crippen molar-refractivity contribution in [1.82, 2.24) is 9.88 Å². The van der Waals surface area contributed by atoms with Crippen molar-refractivity contribution in [1.29, 1.82) is 5.26 Å². The summed E-state index contributed by atoms with van der Waals surface area (Å²) in [5.41, 5.74) is 1.46. The molecule has 0 spiro atoms. The summed E-state index contributed by atoms with van der Waals surface area (Å²) in [6.45, 7) is 2.21. The molecule has 1 aliphatic rings. The summed E-state index contributed by atoms with van der Waals surface area (Å²) in [4.78, 5) is 6.32. The van der Waals surface area contributed by atoms with E-state index in [0.29, 0.717) is 11.7 Å². The summed E-state index contributed by atoms with van der Waals surface area (Å²) >= 11 is 0. The zero-order chi connectivity index (χ0) is 10.7. The molecule has 1 saturated heterocycles. The Kier molecular flexibility index (Phi) is 2.84. The number of aromatic nitrogens is 1. The molecule has 1 aromatic rings. The lowest BCUT2D eigenvalue weighted by Crippen LogP contribution is -2.23. The second kappa shape index (κ2) is 4.28. The van der Waals surface area contributed by atoms with Crippen molar-refractivity contribution in [3.8, 4) is 6.07 Å². The van der Waals surface area contributed by atoms with E-state index in [9.17, 15) is 0 Å². The van der Waals surface area contributed by atoms with Crippen molar-refractivity contribution in [2.24, 2.45) is 0 Å². The first-order valence-corrected chi connectivity index (χ1v) is 5.09. The molecule has 1 atom stereocenters. The Morgan fingerprint density at radius 2 is 2.47 bits per heavy atom. The largest absolute Gasteiger partial charge is 0.380 e. The SMILES string of the molecule is CN1CCC(Nc2ccc(C#N)nc2)C1. The van der Waals surface area contributed by atoms with E-state index in [4.69, 9.17) is 5.26 Å². The average Bonchev–Trinajstić information content (AvgIpc) is 2.65. The van der Waals surface area contributed by atoms with Crippen molar-refractivity contribution in [2.45, 2.75) is 12.5 Å². The second-order valence-electron chi connectivity index (χ2n) is 3.94. The number of nitrogens with zero attached hydrogens (tertiary/aromatic N) is 3. The maximum Gasteiger partial charge on any atom is 0.140 e. The molecule has 0 amide bonds. The number of likely N-dealkylation sites (N-methyl/N-ethyl adjacent to an activating group) is 1. The van der Waals surface area contributed by atoms with Gasteiger partial charge < -0.3 is 10.2 Å². The molecule has 4 heteroatoms. The van der Waals surface area contributed by atoms with Gasteiger partial charge in [0, 0.05) is 12.6 Å². The van der Waals surface area contributed by atoms with Crippen LogP contribution in [0.3, 0.4) is 0 Å². The maximum absolute atomic E-state index is 8.61. The Morgan fingerprint density at radius 3 is 3.00 bits per heavy atom. The first-order chi connectivity index (χ1) is 7.28. The van der Waals surface area contributed by atoms with E-state index in [2.05, 4.69) is 22.2 Å². The van der Waals surface area contributed by atoms with Crippen LogP contribution >= 0.6 is 0 Å². The van der Waals surface area contributed by atoms with Gasteiger partial charge in [-0.3, -0.25) is 0 Å². The van der Waals surface area contributed by atoms with E-state index in [1.165, 1.54) is 0 Å². The van der Waals surface area contributed by atoms with E-state index in [1.54, 1.807) is 12.3 Å². The number of pyridine rings is 1. The topological polar surface area (TPSA) is 52.0 Å². The van der Waals surface area contributed by atoms with Gasteiger partial charge >= 0.3 is 0 Å². The van der Waals surface area contributed by atoms with Crippen LogP contribution in [0.1, 0.15) is 12.1 Å². The quantitative estimate of drug-likeness (QED) is 0.779. The van der Waals surface area contributed by atoms with Gasteiger partial charge in [-0.25, -0.2) is 4.98 Å². The van der Waals surface area contributed by atoms with E-state index >= 15 is 0 Å². The molecule has 4 nitrogen and oxygen atoms in total. The van der Waals surface area contributed by atoms with Crippen LogP contribution in [-0.4, -0.2) is 36.1 Å². The third-order valence-corrected chi connectivity index (χ3v) is 2.64. The van der Waals surface area contributed by atoms with E-state index in [0.717, 1.165) is 25.2 Å². The molecular formula is C11H14N4. The predicted octanol–water partition coefficient (Wildman–Crippen LogP) is 1.07. The number of nitrogens with one attached hydrogen (secondary N) is 1. The van der Waals surface area contributed by atoms with Gasteiger partial charge in [0.15, 0.2) is 0 Å². The lowest BCUT2D eigenvalue weighted by Gasteiger charge is -2.13. The number of hydrogen-bond donors (Lipinski definition) is 1. The normalized spacial score (nSPS) is 21.2. The van der Waals surface area contributed by atoms with E-state index in [1.807, 2.05) is 12.1 Å². The van der Waals surface area contributed by atoms with Gasteiger partial charge in [0.05, 0.1) is 11.9 Å². The van der Waals surface area contributed by atoms with Crippen LogP contribution in [-0.2, 0) is 0 Å². The van der Waals surface area contributed by atoms with Crippen molar-refractivity contribution in [3.63, 3.8) is 0 Å². The number of anilines is 1. The summed E-state index contributed by atoms with van der Waals surface area (Å²) in [6.07, 6.45) is 2.88. The summed E-state index contributed by atoms with van der Waals surface area (Å²) < 4.78 is 0. The lowest BCUT2D eigenvalue weighted by molar-refractivity contribution is 0.414. The highest BCUT2D eigenvalue weighted by Crippen LogP contribution is 2.13. The minimum absolute atomic E-state index is 0.462. The molecule has 1 fully saturated rings. The fourth-order valence-corrected chi connectivity index (χ4v) is 1.83. The fraction of sp³-hybridized carbons (Fsp3) is 0.455. The van der Waals surface area contributed by atoms with Crippen LogP contribution in [0.2, 0.25) is 0 Å². The van der Waals surface area contributed by atoms with Crippen LogP contribution < -0.4 is 5.32 Å². The summed E-state index contributed by atoms with van der Waals surface area (Å²) in [7, 11) is 2.12. The molecule has 78 valence electrons. The smallest absolute Gasteiger partial charge is 0.140 e. The summed E-state index contributed by atoms with van der Waals surface area (Å²) in [6, 6.07) is 6.16. The molecule has 2 rings (SSSR count). The molecule has 0 aromatic carbocycles. The minimum Gasteiger partial charge on any atom is -0.380 e. The Morgan fingerprint density at radius 1 is 1.60 bits per heavy atom. The van der Waals surface area contributed by atoms with Crippen molar-refractivity contribution in [3.05, 3.63) is 24.0 Å². The van der Waals surface area contributed by atoms with Crippen molar-refractivity contribution in [2.75, 3.05) is 25.5 Å². The summed E-state index contributed by atoms with van der Waals surface area (Å²) in [5, 5.41) is 12.0. The predicted molar refractivity (Wildman–Crippen MR) is 58.5 cm³/mol. The molecule has 1 unspecified atom stereocenters. The fourth-order valence-electron chi connectivity index (χ4n) is 1.83. The first kappa shape index (κ1) is 9.94. The van der Waals surface area contributed by atoms with Crippen molar-refractivity contribution < 1.29 is 0 Å². The van der Waals surface area contributed by atoms with Gasteiger partial charge in [-0.1, -0.05) is 0 Å². The Labute approximate surface area is 89.5 Å². The maximum atomic E-state index is 8.61. The molecule has 1 aromatic heterocycles. The third kappa shape index (κ3) is 2.45. The Hall–Kier alpha value is -1.60. The number of hydrogen-bond acceptors (Lipinski definition) is 4. The van der Waals surface area contributed by atoms with Crippen LogP contribution in [0, 0.1) is 11.3 Å². The van der Waals surface area contributed by atoms with Crippen LogP contribution in [0.15, 0.2) is 18.3 Å². The Balaban J connectivity index is 1.96. The van der Waals surface area contributed by atoms with Gasteiger partial charge in [0.1, 0.15) is 11.8 Å². The zero-order valence-corrected chi connectivity index (χ0v) is 8.77. The van der Waals surface area contributed by atoms with Gasteiger partial charge in [-0.05, 0) is 32.1 Å². The molecule has 0 aliphatic carbocycles. The highest BCUT2D eigenvalue weighted by molar-refractivity contribution is 5.43. The van der Waals surface area contributed by atoms with Crippen molar-refractivity contribution >= 4 is 5.69 Å². The zero-order valence-electron chi connectivity index (χ0n) is 8.77. The lowest BCUT2D eigenvalue weighted by atomic mass is 10.2. The second-order valence-corrected chi connectivity index (χ2v) is 3.94. The molecular weight excluding hydrogens is 188 g/mol. The van der Waals surface area contributed by atoms with Gasteiger partial charge in [0.2, 0.25) is 0 Å². The highest BCUT2D eigenvalue weighted by atomic mass is 15.2. The molecule has 1 aliphatic heterocycles. The molecule has 1 N–H and O–H groups in total. The molecule has 0 saturated carbocycles. The number of nitriles is 1. The van der Waals surface area contributed by atoms with E-state index in [-0.39, 0.29) is 0 Å². The standard InChI is InChI=1S/C11H14N4/c1-15-5-4-11(8-15)14-10-3-2-9(6-12)13-7-10/h2-3,7,11,14H,4-5,8H2,1H3. The number of rotatable bonds is 2. The van der Waals surface area contributed by atoms with Crippen LogP contribution in [0.5, 0.6) is 0 Å². The first-order valence-electron chi connectivity index (χ1n) is 5.09. The average molecular weight is 202 g/mol. The Bertz CT molecular complexity index is 365. The van der Waals surface area contributed by atoms with Gasteiger partial charge in [-0.15, -0.1) is 0 Å². The number of likely N-dealkylation sites (tertiary alicyclic amines) is 1.